The van der Waals surface area contributed by atoms with Crippen LogP contribution in [0.5, 0.6) is 0 Å². The molecule has 4 rings (SSSR count). The molecule has 0 amide bonds. The molecule has 4 aromatic rings. The van der Waals surface area contributed by atoms with Crippen LogP contribution < -0.4 is 16.0 Å². The Hall–Kier alpha value is -5.25. The minimum Gasteiger partial charge on any atom is -0.373 e. The Kier molecular flexibility index (Phi) is 7.80. The van der Waals surface area contributed by atoms with Crippen molar-refractivity contribution in [1.82, 2.24) is 15.0 Å². The van der Waals surface area contributed by atoms with Crippen molar-refractivity contribution in [2.45, 2.75) is 0 Å². The summed E-state index contributed by atoms with van der Waals surface area (Å²) in [6, 6.07) is 17.3. The van der Waals surface area contributed by atoms with Gasteiger partial charge in [0.1, 0.15) is 17.5 Å². The molecule has 3 heterocycles. The second kappa shape index (κ2) is 11.7. The molecular weight excluding hydrogens is 444 g/mol. The fourth-order valence-corrected chi connectivity index (χ4v) is 3.12. The predicted octanol–water partition coefficient (Wildman–Crippen LogP) is 4.20. The lowest BCUT2D eigenvalue weighted by Gasteiger charge is -1.99. The van der Waals surface area contributed by atoms with Crippen LogP contribution in [0.3, 0.4) is 0 Å². The second-order valence-corrected chi connectivity index (χ2v) is 7.60. The largest absolute Gasteiger partial charge is 0.373 e. The molecule has 6 nitrogen and oxygen atoms in total. The van der Waals surface area contributed by atoms with Gasteiger partial charge in [0.2, 0.25) is 0 Å². The molecule has 0 radical (unpaired) electrons. The highest BCUT2D eigenvalue weighted by molar-refractivity contribution is 5.55. The maximum atomic E-state index is 4.32. The van der Waals surface area contributed by atoms with Gasteiger partial charge in [-0.15, -0.1) is 0 Å². The molecule has 3 aromatic heterocycles. The molecule has 0 saturated carbocycles. The van der Waals surface area contributed by atoms with Crippen LogP contribution in [0.4, 0.5) is 17.5 Å². The van der Waals surface area contributed by atoms with E-state index in [1.54, 1.807) is 18.6 Å². The molecule has 0 unspecified atom stereocenters. The maximum absolute atomic E-state index is 4.32. The standard InChI is InChI=1S/C30H24N6/c1-31-28-13-10-22(19-34-28)4-7-25-16-26(8-5-23-11-14-29(32-2)35-20-23)18-27(17-25)9-6-24-12-15-30(33-3)36-21-24/h10-21H,1-3H3,(H,31,34)(H,32,35)(H,33,36). The Labute approximate surface area is 211 Å². The summed E-state index contributed by atoms with van der Waals surface area (Å²) in [4.78, 5) is 12.9. The lowest BCUT2D eigenvalue weighted by atomic mass is 10.0. The number of hydrogen-bond acceptors (Lipinski definition) is 6. The summed E-state index contributed by atoms with van der Waals surface area (Å²) in [5.41, 5.74) is 4.92. The van der Waals surface area contributed by atoms with Crippen LogP contribution in [0.1, 0.15) is 33.4 Å². The van der Waals surface area contributed by atoms with Gasteiger partial charge in [0, 0.05) is 73.1 Å². The van der Waals surface area contributed by atoms with Gasteiger partial charge in [-0.05, 0) is 54.6 Å². The number of anilines is 3. The molecular formula is C30H24N6. The van der Waals surface area contributed by atoms with Gasteiger partial charge in [0.05, 0.1) is 0 Å². The molecule has 6 heteroatoms. The highest BCUT2D eigenvalue weighted by atomic mass is 15.0. The van der Waals surface area contributed by atoms with Crippen LogP contribution in [-0.4, -0.2) is 36.1 Å². The van der Waals surface area contributed by atoms with Crippen LogP contribution in [0, 0.1) is 35.5 Å². The normalized spacial score (nSPS) is 9.42. The molecule has 36 heavy (non-hydrogen) atoms. The lowest BCUT2D eigenvalue weighted by molar-refractivity contribution is 1.28. The number of rotatable bonds is 3. The first kappa shape index (κ1) is 23.9. The van der Waals surface area contributed by atoms with E-state index in [1.165, 1.54) is 0 Å². The van der Waals surface area contributed by atoms with Crippen molar-refractivity contribution in [2.24, 2.45) is 0 Å². The zero-order valence-electron chi connectivity index (χ0n) is 20.3. The molecule has 0 bridgehead atoms. The Morgan fingerprint density at radius 3 is 0.917 bits per heavy atom. The highest BCUT2D eigenvalue weighted by Gasteiger charge is 1.99. The number of nitrogens with zero attached hydrogens (tertiary/aromatic N) is 3. The third-order valence-corrected chi connectivity index (χ3v) is 5.05. The summed E-state index contributed by atoms with van der Waals surface area (Å²) in [7, 11) is 5.50. The first-order valence-corrected chi connectivity index (χ1v) is 11.3. The molecule has 174 valence electrons. The SMILES string of the molecule is CNc1ccc(C#Cc2cc(C#Cc3ccc(NC)nc3)cc(C#Cc3ccc(NC)nc3)c2)cn1. The van der Waals surface area contributed by atoms with Crippen molar-refractivity contribution < 1.29 is 0 Å². The van der Waals surface area contributed by atoms with E-state index >= 15 is 0 Å². The predicted molar refractivity (Wildman–Crippen MR) is 146 cm³/mol. The van der Waals surface area contributed by atoms with E-state index in [0.29, 0.717) is 0 Å². The van der Waals surface area contributed by atoms with Gasteiger partial charge in [-0.3, -0.25) is 0 Å². The van der Waals surface area contributed by atoms with Crippen molar-refractivity contribution >= 4 is 17.5 Å². The highest BCUT2D eigenvalue weighted by Crippen LogP contribution is 2.11. The molecule has 0 aliphatic carbocycles. The molecule has 0 aliphatic heterocycles. The Morgan fingerprint density at radius 1 is 0.417 bits per heavy atom. The molecule has 0 spiro atoms. The van der Waals surface area contributed by atoms with E-state index in [1.807, 2.05) is 75.7 Å². The molecule has 0 saturated heterocycles. The zero-order chi connectivity index (χ0) is 25.2. The smallest absolute Gasteiger partial charge is 0.125 e. The third kappa shape index (κ3) is 6.64. The van der Waals surface area contributed by atoms with Gasteiger partial charge in [-0.25, -0.2) is 15.0 Å². The summed E-state index contributed by atoms with van der Waals surface area (Å²) < 4.78 is 0. The van der Waals surface area contributed by atoms with E-state index in [9.17, 15) is 0 Å². The Bertz CT molecular complexity index is 1320. The minimum absolute atomic E-state index is 0.796. The average molecular weight is 469 g/mol. The van der Waals surface area contributed by atoms with Crippen molar-refractivity contribution in [3.8, 4) is 35.5 Å². The second-order valence-electron chi connectivity index (χ2n) is 7.60. The van der Waals surface area contributed by atoms with E-state index in [4.69, 9.17) is 0 Å². The van der Waals surface area contributed by atoms with Crippen LogP contribution >= 0.6 is 0 Å². The summed E-state index contributed by atoms with van der Waals surface area (Å²) in [6.07, 6.45) is 5.23. The molecule has 0 fully saturated rings. The third-order valence-electron chi connectivity index (χ3n) is 5.05. The van der Waals surface area contributed by atoms with E-state index in [-0.39, 0.29) is 0 Å². The fraction of sp³-hybridized carbons (Fsp3) is 0.100. The van der Waals surface area contributed by atoms with E-state index < -0.39 is 0 Å². The number of nitrogens with one attached hydrogen (secondary N) is 3. The average Bonchev–Trinajstić information content (AvgIpc) is 2.94. The maximum Gasteiger partial charge on any atom is 0.125 e. The number of hydrogen-bond donors (Lipinski definition) is 3. The Morgan fingerprint density at radius 2 is 0.694 bits per heavy atom. The quantitative estimate of drug-likeness (QED) is 0.392. The molecule has 0 aliphatic rings. The van der Waals surface area contributed by atoms with Crippen molar-refractivity contribution in [1.29, 1.82) is 0 Å². The van der Waals surface area contributed by atoms with Crippen molar-refractivity contribution in [3.63, 3.8) is 0 Å². The zero-order valence-corrected chi connectivity index (χ0v) is 20.3. The number of aromatic nitrogens is 3. The van der Waals surface area contributed by atoms with Gasteiger partial charge < -0.3 is 16.0 Å². The minimum atomic E-state index is 0.796. The fourth-order valence-electron chi connectivity index (χ4n) is 3.12. The van der Waals surface area contributed by atoms with Gasteiger partial charge >= 0.3 is 0 Å². The van der Waals surface area contributed by atoms with Crippen molar-refractivity contribution in [3.05, 3.63) is 107 Å². The molecule has 1 aromatic carbocycles. The lowest BCUT2D eigenvalue weighted by Crippen LogP contribution is -1.91. The van der Waals surface area contributed by atoms with Gasteiger partial charge in [-0.2, -0.15) is 0 Å². The topological polar surface area (TPSA) is 74.8 Å². The van der Waals surface area contributed by atoms with Gasteiger partial charge in [0.25, 0.3) is 0 Å². The number of benzene rings is 1. The summed E-state index contributed by atoms with van der Waals surface area (Å²) in [5.74, 6) is 21.6. The summed E-state index contributed by atoms with van der Waals surface area (Å²) in [5, 5.41) is 9.01. The first-order chi connectivity index (χ1) is 17.6. The van der Waals surface area contributed by atoms with Crippen LogP contribution in [0.2, 0.25) is 0 Å². The molecule has 3 N–H and O–H groups in total. The molecule has 0 atom stereocenters. The summed E-state index contributed by atoms with van der Waals surface area (Å²) >= 11 is 0. The first-order valence-electron chi connectivity index (χ1n) is 11.3. The Balaban J connectivity index is 1.67. The number of pyridine rings is 3. The van der Waals surface area contributed by atoms with E-state index in [2.05, 4.69) is 66.4 Å². The van der Waals surface area contributed by atoms with Gasteiger partial charge in [0.15, 0.2) is 0 Å². The van der Waals surface area contributed by atoms with Crippen molar-refractivity contribution in [2.75, 3.05) is 37.1 Å². The van der Waals surface area contributed by atoms with Crippen LogP contribution in [-0.2, 0) is 0 Å². The van der Waals surface area contributed by atoms with Crippen LogP contribution in [0.25, 0.3) is 0 Å². The van der Waals surface area contributed by atoms with Gasteiger partial charge in [-0.1, -0.05) is 35.5 Å². The summed E-state index contributed by atoms with van der Waals surface area (Å²) in [6.45, 7) is 0. The monoisotopic (exact) mass is 468 g/mol. The van der Waals surface area contributed by atoms with E-state index in [0.717, 1.165) is 50.8 Å². The van der Waals surface area contributed by atoms with Crippen LogP contribution in [0.15, 0.2) is 73.2 Å².